The fourth-order valence-electron chi connectivity index (χ4n) is 2.88. The number of anilines is 1. The van der Waals surface area contributed by atoms with E-state index in [0.717, 1.165) is 16.8 Å². The molecule has 0 aliphatic carbocycles. The molecule has 2 aliphatic heterocycles. The van der Waals surface area contributed by atoms with Crippen LogP contribution in [0.2, 0.25) is 0 Å². The Hall–Kier alpha value is -2.62. The average molecular weight is 264 g/mol. The van der Waals surface area contributed by atoms with E-state index in [1.54, 1.807) is 5.01 Å². The van der Waals surface area contributed by atoms with E-state index in [4.69, 9.17) is 0 Å². The molecule has 98 valence electrons. The van der Waals surface area contributed by atoms with E-state index in [2.05, 4.69) is 0 Å². The van der Waals surface area contributed by atoms with Gasteiger partial charge < -0.3 is 0 Å². The van der Waals surface area contributed by atoms with Crippen LogP contribution in [0.1, 0.15) is 21.5 Å². The van der Waals surface area contributed by atoms with Crippen LogP contribution in [0, 0.1) is 0 Å². The number of fused-ring (bicyclic) bond motifs is 4. The lowest BCUT2D eigenvalue weighted by Gasteiger charge is -2.42. The second-order valence-corrected chi connectivity index (χ2v) is 5.03. The Morgan fingerprint density at radius 2 is 1.55 bits per heavy atom. The second kappa shape index (κ2) is 3.93. The molecule has 20 heavy (non-hydrogen) atoms. The molecule has 0 spiro atoms. The van der Waals surface area contributed by atoms with Gasteiger partial charge in [-0.2, -0.15) is 0 Å². The third kappa shape index (κ3) is 1.42. The summed E-state index contributed by atoms with van der Waals surface area (Å²) in [5, 5.41) is 3.07. The standard InChI is InChI=1S/C16H12N2O2/c19-15-9-11-5-2-4-8-14(11)18-16(20)13-7-3-1-6-12(13)10-17(15)18/h1-8H,9-10H2. The van der Waals surface area contributed by atoms with Crippen LogP contribution in [0.3, 0.4) is 0 Å². The van der Waals surface area contributed by atoms with E-state index in [0.29, 0.717) is 18.5 Å². The highest BCUT2D eigenvalue weighted by atomic mass is 16.2. The van der Waals surface area contributed by atoms with Gasteiger partial charge in [0.05, 0.1) is 18.7 Å². The maximum Gasteiger partial charge on any atom is 0.277 e. The molecule has 0 saturated heterocycles. The van der Waals surface area contributed by atoms with Gasteiger partial charge in [0.25, 0.3) is 5.91 Å². The van der Waals surface area contributed by atoms with Gasteiger partial charge in [-0.05, 0) is 23.3 Å². The molecule has 0 aromatic heterocycles. The van der Waals surface area contributed by atoms with Crippen molar-refractivity contribution < 1.29 is 9.59 Å². The Morgan fingerprint density at radius 1 is 0.850 bits per heavy atom. The first-order valence-corrected chi connectivity index (χ1v) is 6.56. The van der Waals surface area contributed by atoms with Crippen molar-refractivity contribution >= 4 is 17.5 Å². The van der Waals surface area contributed by atoms with Crippen LogP contribution >= 0.6 is 0 Å². The Kier molecular flexibility index (Phi) is 2.21. The van der Waals surface area contributed by atoms with Crippen LogP contribution in [0.4, 0.5) is 5.69 Å². The molecular formula is C16H12N2O2. The van der Waals surface area contributed by atoms with Gasteiger partial charge in [-0.3, -0.25) is 9.59 Å². The minimum Gasteiger partial charge on any atom is -0.273 e. The Bertz CT molecular complexity index is 739. The van der Waals surface area contributed by atoms with E-state index in [-0.39, 0.29) is 11.8 Å². The molecule has 0 unspecified atom stereocenters. The molecule has 4 heteroatoms. The van der Waals surface area contributed by atoms with Crippen LogP contribution < -0.4 is 5.01 Å². The number of rotatable bonds is 0. The van der Waals surface area contributed by atoms with Gasteiger partial charge in [0, 0.05) is 5.56 Å². The maximum atomic E-state index is 12.7. The van der Waals surface area contributed by atoms with Crippen LogP contribution in [0.25, 0.3) is 0 Å². The number of hydrazine groups is 1. The lowest BCUT2D eigenvalue weighted by Crippen LogP contribution is -2.56. The predicted octanol–water partition coefficient (Wildman–Crippen LogP) is 2.15. The van der Waals surface area contributed by atoms with Gasteiger partial charge in [-0.15, -0.1) is 0 Å². The molecule has 4 rings (SSSR count). The average Bonchev–Trinajstić information content (AvgIpc) is 2.48. The molecule has 0 atom stereocenters. The molecule has 0 bridgehead atoms. The number of carbonyl (C=O) groups is 2. The molecule has 2 amide bonds. The summed E-state index contributed by atoms with van der Waals surface area (Å²) in [7, 11) is 0. The molecule has 2 aliphatic rings. The van der Waals surface area contributed by atoms with E-state index >= 15 is 0 Å². The number of amides is 2. The Balaban J connectivity index is 1.92. The Morgan fingerprint density at radius 3 is 2.40 bits per heavy atom. The van der Waals surface area contributed by atoms with Crippen molar-refractivity contribution in [2.24, 2.45) is 0 Å². The predicted molar refractivity (Wildman–Crippen MR) is 73.9 cm³/mol. The van der Waals surface area contributed by atoms with Crippen LogP contribution in [0.15, 0.2) is 48.5 Å². The van der Waals surface area contributed by atoms with Crippen molar-refractivity contribution in [1.82, 2.24) is 5.01 Å². The largest absolute Gasteiger partial charge is 0.277 e. The van der Waals surface area contributed by atoms with E-state index in [1.807, 2.05) is 48.5 Å². The second-order valence-electron chi connectivity index (χ2n) is 5.03. The SMILES string of the molecule is O=C1Cc2ccccc2N2C(=O)c3ccccc3CN12. The van der Waals surface area contributed by atoms with Gasteiger partial charge >= 0.3 is 0 Å². The summed E-state index contributed by atoms with van der Waals surface area (Å²) >= 11 is 0. The zero-order chi connectivity index (χ0) is 13.7. The topological polar surface area (TPSA) is 40.6 Å². The first-order chi connectivity index (χ1) is 9.75. The summed E-state index contributed by atoms with van der Waals surface area (Å²) in [5.74, 6) is -0.168. The monoisotopic (exact) mass is 264 g/mol. The minimum absolute atomic E-state index is 0.0356. The normalized spacial score (nSPS) is 16.6. The lowest BCUT2D eigenvalue weighted by atomic mass is 9.99. The van der Waals surface area contributed by atoms with Crippen LogP contribution in [0.5, 0.6) is 0 Å². The fourth-order valence-corrected chi connectivity index (χ4v) is 2.88. The van der Waals surface area contributed by atoms with E-state index in [1.165, 1.54) is 5.01 Å². The molecule has 0 fully saturated rings. The summed E-state index contributed by atoms with van der Waals surface area (Å²) in [5.41, 5.74) is 3.29. The van der Waals surface area contributed by atoms with Crippen molar-refractivity contribution in [1.29, 1.82) is 0 Å². The molecule has 0 saturated carbocycles. The zero-order valence-corrected chi connectivity index (χ0v) is 10.7. The fraction of sp³-hybridized carbons (Fsp3) is 0.125. The van der Waals surface area contributed by atoms with Gasteiger partial charge in [-0.25, -0.2) is 10.0 Å². The highest BCUT2D eigenvalue weighted by molar-refractivity contribution is 6.11. The minimum atomic E-state index is -0.132. The van der Waals surface area contributed by atoms with Crippen molar-refractivity contribution in [2.75, 3.05) is 5.01 Å². The van der Waals surface area contributed by atoms with Gasteiger partial charge in [0.2, 0.25) is 5.91 Å². The third-order valence-electron chi connectivity index (χ3n) is 3.85. The summed E-state index contributed by atoms with van der Waals surface area (Å²) in [6, 6.07) is 15.0. The van der Waals surface area contributed by atoms with Gasteiger partial charge in [-0.1, -0.05) is 36.4 Å². The molecular weight excluding hydrogens is 252 g/mol. The lowest BCUT2D eigenvalue weighted by molar-refractivity contribution is -0.132. The third-order valence-corrected chi connectivity index (χ3v) is 3.85. The summed E-state index contributed by atoms with van der Waals surface area (Å²) < 4.78 is 0. The zero-order valence-electron chi connectivity index (χ0n) is 10.7. The smallest absolute Gasteiger partial charge is 0.273 e. The first kappa shape index (κ1) is 11.2. The Labute approximate surface area is 116 Å². The number of benzene rings is 2. The molecule has 0 radical (unpaired) electrons. The number of para-hydroxylation sites is 1. The molecule has 2 aromatic carbocycles. The quantitative estimate of drug-likeness (QED) is 0.731. The molecule has 0 N–H and O–H groups in total. The van der Waals surface area contributed by atoms with Crippen molar-refractivity contribution in [2.45, 2.75) is 13.0 Å². The summed E-state index contributed by atoms with van der Waals surface area (Å²) in [6.07, 6.45) is 0.349. The van der Waals surface area contributed by atoms with Crippen LogP contribution in [-0.4, -0.2) is 16.8 Å². The molecule has 2 heterocycles. The summed E-state index contributed by atoms with van der Waals surface area (Å²) in [6.45, 7) is 0.453. The van der Waals surface area contributed by atoms with E-state index < -0.39 is 0 Å². The maximum absolute atomic E-state index is 12.7. The molecule has 2 aromatic rings. The number of hydrogen-bond acceptors (Lipinski definition) is 2. The molecule has 4 nitrogen and oxygen atoms in total. The summed E-state index contributed by atoms with van der Waals surface area (Å²) in [4.78, 5) is 25.0. The number of hydrogen-bond donors (Lipinski definition) is 0. The number of carbonyl (C=O) groups excluding carboxylic acids is 2. The highest BCUT2D eigenvalue weighted by Crippen LogP contribution is 2.34. The highest BCUT2D eigenvalue weighted by Gasteiger charge is 2.38. The van der Waals surface area contributed by atoms with Crippen molar-refractivity contribution in [3.05, 3.63) is 65.2 Å². The van der Waals surface area contributed by atoms with E-state index in [9.17, 15) is 9.59 Å². The van der Waals surface area contributed by atoms with Crippen molar-refractivity contribution in [3.63, 3.8) is 0 Å². The first-order valence-electron chi connectivity index (χ1n) is 6.56. The van der Waals surface area contributed by atoms with Gasteiger partial charge in [0.15, 0.2) is 0 Å². The van der Waals surface area contributed by atoms with Crippen LogP contribution in [-0.2, 0) is 17.8 Å². The van der Waals surface area contributed by atoms with Gasteiger partial charge in [0.1, 0.15) is 0 Å². The number of nitrogens with zero attached hydrogens (tertiary/aromatic N) is 2. The van der Waals surface area contributed by atoms with Crippen molar-refractivity contribution in [3.8, 4) is 0 Å².